The van der Waals surface area contributed by atoms with Crippen molar-refractivity contribution in [1.82, 2.24) is 5.43 Å². The molecule has 0 unspecified atom stereocenters. The van der Waals surface area contributed by atoms with Crippen molar-refractivity contribution >= 4 is 41.0 Å². The standard InChI is InChI=1S/C15H11Cl2N3O5/c1-25-13-5-8(4-12(14(13)21)20(23)24)7-18-19-15(22)10-6-9(16)2-3-11(10)17/h2-7,21H,1H3,(H,19,22)/p-1/b18-7-. The summed E-state index contributed by atoms with van der Waals surface area (Å²) in [6.45, 7) is 0. The molecule has 10 heteroatoms. The van der Waals surface area contributed by atoms with Crippen molar-refractivity contribution in [2.45, 2.75) is 0 Å². The number of carbonyl (C=O) groups excluding carboxylic acids is 1. The average molecular weight is 383 g/mol. The topological polar surface area (TPSA) is 117 Å². The zero-order chi connectivity index (χ0) is 18.6. The fraction of sp³-hybridized carbons (Fsp3) is 0.0667. The first-order chi connectivity index (χ1) is 11.8. The number of hydrazone groups is 1. The van der Waals surface area contributed by atoms with Crippen molar-refractivity contribution in [3.63, 3.8) is 0 Å². The van der Waals surface area contributed by atoms with Gasteiger partial charge in [-0.05, 0) is 24.3 Å². The van der Waals surface area contributed by atoms with Crippen LogP contribution in [0.2, 0.25) is 10.0 Å². The predicted octanol–water partition coefficient (Wildman–Crippen LogP) is 2.75. The van der Waals surface area contributed by atoms with Crippen LogP contribution in [0.5, 0.6) is 11.5 Å². The van der Waals surface area contributed by atoms with Gasteiger partial charge in [0.15, 0.2) is 0 Å². The largest absolute Gasteiger partial charge is 0.865 e. The van der Waals surface area contributed by atoms with Crippen LogP contribution < -0.4 is 15.3 Å². The van der Waals surface area contributed by atoms with E-state index in [0.717, 1.165) is 12.3 Å². The highest BCUT2D eigenvalue weighted by molar-refractivity contribution is 6.35. The Labute approximate surface area is 151 Å². The second kappa shape index (κ2) is 7.82. The van der Waals surface area contributed by atoms with Crippen LogP contribution in [0.4, 0.5) is 5.69 Å². The van der Waals surface area contributed by atoms with Gasteiger partial charge in [-0.3, -0.25) is 14.9 Å². The third kappa shape index (κ3) is 4.37. The molecule has 0 saturated heterocycles. The lowest BCUT2D eigenvalue weighted by Gasteiger charge is -2.12. The van der Waals surface area contributed by atoms with E-state index in [4.69, 9.17) is 27.9 Å². The Balaban J connectivity index is 2.22. The van der Waals surface area contributed by atoms with Crippen molar-refractivity contribution in [3.8, 4) is 11.5 Å². The van der Waals surface area contributed by atoms with Crippen molar-refractivity contribution in [2.24, 2.45) is 5.10 Å². The zero-order valence-corrected chi connectivity index (χ0v) is 14.2. The van der Waals surface area contributed by atoms with Crippen LogP contribution >= 0.6 is 23.2 Å². The van der Waals surface area contributed by atoms with E-state index in [1.807, 2.05) is 0 Å². The minimum Gasteiger partial charge on any atom is -0.865 e. The molecule has 0 radical (unpaired) electrons. The number of rotatable bonds is 5. The summed E-state index contributed by atoms with van der Waals surface area (Å²) in [7, 11) is 1.21. The third-order valence-corrected chi connectivity index (χ3v) is 3.59. The van der Waals surface area contributed by atoms with Gasteiger partial charge < -0.3 is 9.84 Å². The highest BCUT2D eigenvalue weighted by atomic mass is 35.5. The molecule has 1 N–H and O–H groups in total. The number of benzene rings is 2. The second-order valence-electron chi connectivity index (χ2n) is 4.65. The molecule has 25 heavy (non-hydrogen) atoms. The van der Waals surface area contributed by atoms with Gasteiger partial charge in [-0.15, -0.1) is 0 Å². The van der Waals surface area contributed by atoms with Crippen LogP contribution in [-0.4, -0.2) is 24.2 Å². The Morgan fingerprint density at radius 3 is 2.68 bits per heavy atom. The van der Waals surface area contributed by atoms with E-state index < -0.39 is 22.3 Å². The summed E-state index contributed by atoms with van der Waals surface area (Å²) in [5.74, 6) is -1.68. The van der Waals surface area contributed by atoms with E-state index in [9.17, 15) is 20.0 Å². The van der Waals surface area contributed by atoms with Gasteiger partial charge in [0.25, 0.3) is 11.6 Å². The van der Waals surface area contributed by atoms with Gasteiger partial charge in [-0.1, -0.05) is 23.2 Å². The van der Waals surface area contributed by atoms with Gasteiger partial charge >= 0.3 is 0 Å². The molecule has 0 aliphatic rings. The fourth-order valence-electron chi connectivity index (χ4n) is 1.87. The minimum absolute atomic E-state index is 0.116. The van der Waals surface area contributed by atoms with Gasteiger partial charge in [-0.25, -0.2) is 5.43 Å². The molecule has 0 saturated carbocycles. The Bertz CT molecular complexity index is 870. The van der Waals surface area contributed by atoms with Gasteiger partial charge in [0.1, 0.15) is 5.75 Å². The summed E-state index contributed by atoms with van der Waals surface area (Å²) in [4.78, 5) is 22.1. The van der Waals surface area contributed by atoms with Crippen LogP contribution in [0.15, 0.2) is 35.4 Å². The maximum Gasteiger partial charge on any atom is 0.272 e. The number of hydrogen-bond donors (Lipinski definition) is 1. The molecule has 0 atom stereocenters. The monoisotopic (exact) mass is 382 g/mol. The normalized spacial score (nSPS) is 10.7. The first-order valence-corrected chi connectivity index (χ1v) is 7.41. The summed E-state index contributed by atoms with van der Waals surface area (Å²) < 4.78 is 4.80. The van der Waals surface area contributed by atoms with E-state index in [1.54, 1.807) is 0 Å². The molecule has 1 amide bonds. The van der Waals surface area contributed by atoms with Crippen LogP contribution in [0, 0.1) is 10.1 Å². The van der Waals surface area contributed by atoms with Crippen molar-refractivity contribution in [2.75, 3.05) is 7.11 Å². The molecule has 0 fully saturated rings. The van der Waals surface area contributed by atoms with Gasteiger partial charge in [0.2, 0.25) is 0 Å². The smallest absolute Gasteiger partial charge is 0.272 e. The minimum atomic E-state index is -0.848. The number of nitro benzene ring substituents is 1. The number of methoxy groups -OCH3 is 1. The molecule has 2 aromatic rings. The van der Waals surface area contributed by atoms with Gasteiger partial charge in [0.05, 0.1) is 28.8 Å². The first-order valence-electron chi connectivity index (χ1n) is 6.65. The first kappa shape index (κ1) is 18.5. The number of ether oxygens (including phenoxy) is 1. The Hall–Kier alpha value is -2.84. The number of carbonyl (C=O) groups is 1. The highest BCUT2D eigenvalue weighted by Gasteiger charge is 2.13. The molecule has 0 bridgehead atoms. The number of nitro groups is 1. The van der Waals surface area contributed by atoms with E-state index in [-0.39, 0.29) is 21.9 Å². The number of nitrogens with zero attached hydrogens (tertiary/aromatic N) is 2. The van der Waals surface area contributed by atoms with Crippen LogP contribution in [0.25, 0.3) is 0 Å². The summed E-state index contributed by atoms with van der Waals surface area (Å²) in [6, 6.07) is 6.64. The molecule has 0 aliphatic heterocycles. The molecule has 2 rings (SSSR count). The fourth-order valence-corrected chi connectivity index (χ4v) is 2.24. The number of amides is 1. The molecule has 130 valence electrons. The molecular weight excluding hydrogens is 373 g/mol. The number of hydrogen-bond acceptors (Lipinski definition) is 6. The maximum absolute atomic E-state index is 12.0. The summed E-state index contributed by atoms with van der Waals surface area (Å²) in [5, 5.41) is 26.8. The molecule has 0 spiro atoms. The average Bonchev–Trinajstić information content (AvgIpc) is 2.57. The van der Waals surface area contributed by atoms with E-state index >= 15 is 0 Å². The third-order valence-electron chi connectivity index (χ3n) is 3.03. The lowest BCUT2D eigenvalue weighted by atomic mass is 10.2. The molecule has 2 aromatic carbocycles. The lowest BCUT2D eigenvalue weighted by molar-refractivity contribution is -0.398. The molecule has 8 nitrogen and oxygen atoms in total. The van der Waals surface area contributed by atoms with Crippen LogP contribution in [0.3, 0.4) is 0 Å². The van der Waals surface area contributed by atoms with Crippen molar-refractivity contribution < 1.29 is 19.6 Å². The molecule has 0 aliphatic carbocycles. The SMILES string of the molecule is COc1cc(/C=N\NC(=O)c2cc(Cl)ccc2Cl)cc([N+](=O)[O-])c1[O-]. The highest BCUT2D eigenvalue weighted by Crippen LogP contribution is 2.33. The number of halogens is 2. The van der Waals surface area contributed by atoms with E-state index in [1.165, 1.54) is 31.4 Å². The van der Waals surface area contributed by atoms with Gasteiger partial charge in [0, 0.05) is 22.4 Å². The zero-order valence-electron chi connectivity index (χ0n) is 12.7. The maximum atomic E-state index is 12.0. The Kier molecular flexibility index (Phi) is 5.79. The van der Waals surface area contributed by atoms with E-state index in [0.29, 0.717) is 5.02 Å². The van der Waals surface area contributed by atoms with Gasteiger partial charge in [-0.2, -0.15) is 5.10 Å². The second-order valence-corrected chi connectivity index (χ2v) is 5.50. The van der Waals surface area contributed by atoms with Crippen molar-refractivity contribution in [3.05, 3.63) is 61.6 Å². The predicted molar refractivity (Wildman–Crippen MR) is 90.6 cm³/mol. The van der Waals surface area contributed by atoms with Crippen LogP contribution in [0.1, 0.15) is 15.9 Å². The summed E-state index contributed by atoms with van der Waals surface area (Å²) >= 11 is 11.7. The molecular formula is C15H10Cl2N3O5-. The van der Waals surface area contributed by atoms with Crippen LogP contribution in [-0.2, 0) is 0 Å². The number of nitrogens with one attached hydrogen (secondary N) is 1. The molecule has 0 aromatic heterocycles. The molecule has 0 heterocycles. The quantitative estimate of drug-likeness (QED) is 0.484. The van der Waals surface area contributed by atoms with Crippen molar-refractivity contribution in [1.29, 1.82) is 0 Å². The lowest BCUT2D eigenvalue weighted by Crippen LogP contribution is -2.18. The Morgan fingerprint density at radius 2 is 2.04 bits per heavy atom. The Morgan fingerprint density at radius 1 is 1.32 bits per heavy atom. The summed E-state index contributed by atoms with van der Waals surface area (Å²) in [5.41, 5.74) is 1.86. The van der Waals surface area contributed by atoms with E-state index in [2.05, 4.69) is 10.5 Å². The summed E-state index contributed by atoms with van der Waals surface area (Å²) in [6.07, 6.45) is 1.13.